The lowest BCUT2D eigenvalue weighted by molar-refractivity contribution is -0.136. The standard InChI is InChI=1S/C5H8O2.C4H6O2.C4H6/c1-4(2)5(6)7-3;1-3(2)4(5)6;1-3-4-2/h1H2,2-3H3;1H2,2H3,(H,5,6);3-4H,1-2H2. The number of rotatable bonds is 3. The Labute approximate surface area is 103 Å². The Morgan fingerprint density at radius 2 is 1.35 bits per heavy atom. The van der Waals surface area contributed by atoms with Gasteiger partial charge in [0, 0.05) is 11.1 Å². The van der Waals surface area contributed by atoms with Gasteiger partial charge in [-0.2, -0.15) is 0 Å². The summed E-state index contributed by atoms with van der Waals surface area (Å²) in [5.74, 6) is -1.28. The third kappa shape index (κ3) is 24.9. The molecular weight excluding hydrogens is 220 g/mol. The molecule has 0 aliphatic carbocycles. The number of carboxylic acid groups (broad SMARTS) is 1. The molecule has 0 fully saturated rings. The highest BCUT2D eigenvalue weighted by molar-refractivity contribution is 5.86. The fourth-order valence-electron chi connectivity index (χ4n) is 0.174. The first-order valence-corrected chi connectivity index (χ1v) is 4.60. The van der Waals surface area contributed by atoms with Crippen LogP contribution in [0.2, 0.25) is 0 Å². The van der Waals surface area contributed by atoms with Gasteiger partial charge in [-0.15, -0.1) is 0 Å². The zero-order chi connectivity index (χ0) is 14.4. The molecule has 0 spiro atoms. The zero-order valence-electron chi connectivity index (χ0n) is 10.7. The van der Waals surface area contributed by atoms with Gasteiger partial charge in [-0.3, -0.25) is 0 Å². The molecule has 0 aliphatic rings. The van der Waals surface area contributed by atoms with Gasteiger partial charge in [-0.1, -0.05) is 38.5 Å². The van der Waals surface area contributed by atoms with E-state index < -0.39 is 5.97 Å². The van der Waals surface area contributed by atoms with E-state index in [9.17, 15) is 9.59 Å². The van der Waals surface area contributed by atoms with Gasteiger partial charge in [0.15, 0.2) is 0 Å². The summed E-state index contributed by atoms with van der Waals surface area (Å²) in [6, 6.07) is 0. The molecule has 0 unspecified atom stereocenters. The van der Waals surface area contributed by atoms with Crippen LogP contribution in [0.15, 0.2) is 49.6 Å². The van der Waals surface area contributed by atoms with Crippen molar-refractivity contribution in [3.63, 3.8) is 0 Å². The van der Waals surface area contributed by atoms with Crippen LogP contribution in [0.25, 0.3) is 0 Å². The molecule has 0 rings (SSSR count). The summed E-state index contributed by atoms with van der Waals surface area (Å²) in [6.45, 7) is 16.3. The molecule has 0 saturated heterocycles. The lowest BCUT2D eigenvalue weighted by Gasteiger charge is -1.91. The first-order chi connectivity index (χ1) is 7.74. The fraction of sp³-hybridized carbons (Fsp3) is 0.231. The van der Waals surface area contributed by atoms with Crippen LogP contribution in [0.5, 0.6) is 0 Å². The first-order valence-electron chi connectivity index (χ1n) is 4.60. The smallest absolute Gasteiger partial charge is 0.332 e. The molecule has 96 valence electrons. The van der Waals surface area contributed by atoms with E-state index in [0.29, 0.717) is 5.57 Å². The molecule has 0 aromatic heterocycles. The Balaban J connectivity index is -0.000000180. The van der Waals surface area contributed by atoms with Crippen molar-refractivity contribution in [2.24, 2.45) is 0 Å². The van der Waals surface area contributed by atoms with E-state index in [1.165, 1.54) is 14.0 Å². The molecule has 0 bridgehead atoms. The summed E-state index contributed by atoms with van der Waals surface area (Å²) >= 11 is 0. The summed E-state index contributed by atoms with van der Waals surface area (Å²) in [7, 11) is 1.33. The highest BCUT2D eigenvalue weighted by atomic mass is 16.5. The number of hydrogen-bond acceptors (Lipinski definition) is 3. The van der Waals surface area contributed by atoms with E-state index in [1.807, 2.05) is 0 Å². The number of aliphatic carboxylic acids is 1. The number of esters is 1. The summed E-state index contributed by atoms with van der Waals surface area (Å²) in [6.07, 6.45) is 3.28. The summed E-state index contributed by atoms with van der Waals surface area (Å²) in [5.41, 5.74) is 0.609. The molecule has 0 saturated carbocycles. The second kappa shape index (κ2) is 13.9. The van der Waals surface area contributed by atoms with Crippen molar-refractivity contribution in [3.05, 3.63) is 49.6 Å². The van der Waals surface area contributed by atoms with Gasteiger partial charge in [-0.25, -0.2) is 9.59 Å². The number of hydrogen-bond donors (Lipinski definition) is 1. The number of ether oxygens (including phenoxy) is 1. The number of carbonyl (C=O) groups is 2. The Hall–Kier alpha value is -2.10. The molecular formula is C13H20O4. The van der Waals surface area contributed by atoms with Crippen molar-refractivity contribution in [2.45, 2.75) is 13.8 Å². The number of allylic oxidation sites excluding steroid dienone is 2. The summed E-state index contributed by atoms with van der Waals surface area (Å²) in [4.78, 5) is 19.8. The predicted molar refractivity (Wildman–Crippen MR) is 69.7 cm³/mol. The fourth-order valence-corrected chi connectivity index (χ4v) is 0.174. The molecule has 0 aromatic carbocycles. The third-order valence-electron chi connectivity index (χ3n) is 1.07. The SMILES string of the molecule is C=C(C)C(=O)O.C=C(C)C(=O)OC.C=CC=C. The number of carbonyl (C=O) groups excluding carboxylic acids is 1. The molecule has 0 radical (unpaired) electrons. The van der Waals surface area contributed by atoms with Crippen molar-refractivity contribution in [1.29, 1.82) is 0 Å². The van der Waals surface area contributed by atoms with Gasteiger partial charge >= 0.3 is 11.9 Å². The van der Waals surface area contributed by atoms with Gasteiger partial charge in [0.25, 0.3) is 0 Å². The average Bonchev–Trinajstić information content (AvgIpc) is 2.28. The summed E-state index contributed by atoms with van der Waals surface area (Å²) < 4.78 is 4.27. The summed E-state index contributed by atoms with van der Waals surface area (Å²) in [5, 5.41) is 7.89. The van der Waals surface area contributed by atoms with Crippen LogP contribution in [-0.4, -0.2) is 24.2 Å². The van der Waals surface area contributed by atoms with Gasteiger partial charge in [0.05, 0.1) is 7.11 Å². The van der Waals surface area contributed by atoms with Gasteiger partial charge < -0.3 is 9.84 Å². The number of carboxylic acids is 1. The van der Waals surface area contributed by atoms with Crippen LogP contribution in [0, 0.1) is 0 Å². The monoisotopic (exact) mass is 240 g/mol. The Kier molecular flexibility index (Phi) is 16.6. The largest absolute Gasteiger partial charge is 0.478 e. The van der Waals surface area contributed by atoms with Gasteiger partial charge in [0.2, 0.25) is 0 Å². The van der Waals surface area contributed by atoms with Crippen molar-refractivity contribution in [2.75, 3.05) is 7.11 Å². The van der Waals surface area contributed by atoms with Crippen molar-refractivity contribution < 1.29 is 19.4 Å². The minimum absolute atomic E-state index is 0.176. The Bertz CT molecular complexity index is 283. The van der Waals surface area contributed by atoms with E-state index in [2.05, 4.69) is 31.1 Å². The zero-order valence-corrected chi connectivity index (χ0v) is 10.7. The first kappa shape index (κ1) is 20.3. The molecule has 0 aromatic rings. The maximum atomic E-state index is 10.2. The lowest BCUT2D eigenvalue weighted by Crippen LogP contribution is -1.98. The van der Waals surface area contributed by atoms with Crippen LogP contribution in [0.4, 0.5) is 0 Å². The second-order valence-corrected chi connectivity index (χ2v) is 2.83. The Morgan fingerprint density at radius 1 is 1.06 bits per heavy atom. The minimum Gasteiger partial charge on any atom is -0.478 e. The Morgan fingerprint density at radius 3 is 1.35 bits per heavy atom. The molecule has 0 atom stereocenters. The maximum absolute atomic E-state index is 10.2. The predicted octanol–water partition coefficient (Wildman–Crippen LogP) is 2.74. The van der Waals surface area contributed by atoms with Crippen LogP contribution >= 0.6 is 0 Å². The molecule has 0 heterocycles. The van der Waals surface area contributed by atoms with E-state index >= 15 is 0 Å². The molecule has 17 heavy (non-hydrogen) atoms. The number of methoxy groups -OCH3 is 1. The highest BCUT2D eigenvalue weighted by Gasteiger charge is 1.95. The van der Waals surface area contributed by atoms with Crippen LogP contribution in [0.1, 0.15) is 13.8 Å². The van der Waals surface area contributed by atoms with E-state index in [0.717, 1.165) is 0 Å². The van der Waals surface area contributed by atoms with Crippen molar-refractivity contribution in [3.8, 4) is 0 Å². The van der Waals surface area contributed by atoms with Gasteiger partial charge in [0.1, 0.15) is 0 Å². The highest BCUT2D eigenvalue weighted by Crippen LogP contribution is 1.87. The third-order valence-corrected chi connectivity index (χ3v) is 1.07. The van der Waals surface area contributed by atoms with Crippen LogP contribution in [-0.2, 0) is 14.3 Å². The molecule has 0 aliphatic heterocycles. The van der Waals surface area contributed by atoms with Crippen molar-refractivity contribution in [1.82, 2.24) is 0 Å². The maximum Gasteiger partial charge on any atom is 0.332 e. The normalized spacial score (nSPS) is 7.00. The van der Waals surface area contributed by atoms with Gasteiger partial charge in [-0.05, 0) is 13.8 Å². The van der Waals surface area contributed by atoms with E-state index in [4.69, 9.17) is 5.11 Å². The average molecular weight is 240 g/mol. The molecule has 4 heteroatoms. The molecule has 1 N–H and O–H groups in total. The van der Waals surface area contributed by atoms with E-state index in [1.54, 1.807) is 19.1 Å². The minimum atomic E-state index is -0.935. The quantitative estimate of drug-likeness (QED) is 0.468. The van der Waals surface area contributed by atoms with Crippen molar-refractivity contribution >= 4 is 11.9 Å². The van der Waals surface area contributed by atoms with E-state index in [-0.39, 0.29) is 11.5 Å². The molecule has 0 amide bonds. The second-order valence-electron chi connectivity index (χ2n) is 2.83. The molecule has 4 nitrogen and oxygen atoms in total. The van der Waals surface area contributed by atoms with Crippen LogP contribution in [0.3, 0.4) is 0 Å². The lowest BCUT2D eigenvalue weighted by atomic mass is 10.4. The topological polar surface area (TPSA) is 63.6 Å². The van der Waals surface area contributed by atoms with Crippen LogP contribution < -0.4 is 0 Å².